The zero-order valence-corrected chi connectivity index (χ0v) is 12.7. The minimum Gasteiger partial charge on any atom is -0.465 e. The van der Waals surface area contributed by atoms with Gasteiger partial charge in [0.1, 0.15) is 5.50 Å². The standard InChI is InChI=1S/C13H16N4O4S/c1-21-12(20)8-3-2-4-9(5-8)15-11(19)7-22-13-16-10(18)6-14-17-13/h2-5,13-14,17H,6-7H2,1H3,(H,15,19)(H,16,18). The first-order valence-electron chi connectivity index (χ1n) is 6.46. The molecule has 1 aliphatic rings. The Balaban J connectivity index is 1.84. The molecule has 1 heterocycles. The monoisotopic (exact) mass is 324 g/mol. The van der Waals surface area contributed by atoms with Crippen LogP contribution in [0.4, 0.5) is 5.69 Å². The maximum absolute atomic E-state index is 11.9. The van der Waals surface area contributed by atoms with Gasteiger partial charge in [-0.15, -0.1) is 11.8 Å². The highest BCUT2D eigenvalue weighted by Gasteiger charge is 2.18. The number of nitrogens with one attached hydrogen (secondary N) is 4. The van der Waals surface area contributed by atoms with Crippen LogP contribution in [0, 0.1) is 0 Å². The smallest absolute Gasteiger partial charge is 0.337 e. The summed E-state index contributed by atoms with van der Waals surface area (Å²) >= 11 is 1.23. The lowest BCUT2D eigenvalue weighted by Gasteiger charge is -2.24. The Labute approximate surface area is 131 Å². The second-order valence-electron chi connectivity index (χ2n) is 4.38. The largest absolute Gasteiger partial charge is 0.465 e. The van der Waals surface area contributed by atoms with Gasteiger partial charge in [-0.2, -0.15) is 0 Å². The van der Waals surface area contributed by atoms with E-state index in [0.29, 0.717) is 11.3 Å². The molecular weight excluding hydrogens is 308 g/mol. The first-order chi connectivity index (χ1) is 10.6. The zero-order chi connectivity index (χ0) is 15.9. The molecule has 1 unspecified atom stereocenters. The summed E-state index contributed by atoms with van der Waals surface area (Å²) in [6, 6.07) is 6.47. The third-order valence-electron chi connectivity index (χ3n) is 2.72. The van der Waals surface area contributed by atoms with E-state index < -0.39 is 5.97 Å². The molecule has 118 valence electrons. The van der Waals surface area contributed by atoms with Crippen molar-refractivity contribution in [3.05, 3.63) is 29.8 Å². The number of carbonyl (C=O) groups is 3. The first kappa shape index (κ1) is 16.3. The Hall–Kier alpha value is -2.10. The zero-order valence-electron chi connectivity index (χ0n) is 11.8. The SMILES string of the molecule is COC(=O)c1cccc(NC(=O)CSC2NNCC(=O)N2)c1. The second kappa shape index (κ2) is 7.78. The van der Waals surface area contributed by atoms with Gasteiger partial charge in [0.25, 0.3) is 0 Å². The molecule has 8 nitrogen and oxygen atoms in total. The van der Waals surface area contributed by atoms with Crippen molar-refractivity contribution in [1.82, 2.24) is 16.2 Å². The fourth-order valence-corrected chi connectivity index (χ4v) is 2.51. The molecule has 0 radical (unpaired) electrons. The molecule has 1 atom stereocenters. The van der Waals surface area contributed by atoms with E-state index in [4.69, 9.17) is 0 Å². The number of ether oxygens (including phenoxy) is 1. The van der Waals surface area contributed by atoms with E-state index in [2.05, 4.69) is 26.2 Å². The number of hydrazine groups is 1. The number of carbonyl (C=O) groups excluding carboxylic acids is 3. The topological polar surface area (TPSA) is 109 Å². The number of rotatable bonds is 5. The van der Waals surface area contributed by atoms with Gasteiger partial charge in [-0.3, -0.25) is 9.59 Å². The lowest BCUT2D eigenvalue weighted by atomic mass is 10.2. The van der Waals surface area contributed by atoms with Crippen LogP contribution < -0.4 is 21.5 Å². The Bertz CT molecular complexity index is 581. The number of benzene rings is 1. The molecule has 0 aromatic heterocycles. The van der Waals surface area contributed by atoms with Crippen molar-refractivity contribution in [2.75, 3.05) is 24.7 Å². The summed E-state index contributed by atoms with van der Waals surface area (Å²) in [7, 11) is 1.30. The number of hydrogen-bond donors (Lipinski definition) is 4. The molecular formula is C13H16N4O4S. The molecule has 2 amide bonds. The van der Waals surface area contributed by atoms with E-state index >= 15 is 0 Å². The number of methoxy groups -OCH3 is 1. The van der Waals surface area contributed by atoms with Crippen molar-refractivity contribution in [1.29, 1.82) is 0 Å². The Morgan fingerprint density at radius 3 is 3.00 bits per heavy atom. The first-order valence-corrected chi connectivity index (χ1v) is 7.51. The predicted molar refractivity (Wildman–Crippen MR) is 81.9 cm³/mol. The van der Waals surface area contributed by atoms with Crippen LogP contribution in [0.3, 0.4) is 0 Å². The minimum atomic E-state index is -0.467. The Kier molecular flexibility index (Phi) is 5.75. The quantitative estimate of drug-likeness (QED) is 0.548. The van der Waals surface area contributed by atoms with Crippen LogP contribution in [0.25, 0.3) is 0 Å². The van der Waals surface area contributed by atoms with Crippen molar-refractivity contribution in [3.8, 4) is 0 Å². The van der Waals surface area contributed by atoms with Crippen molar-refractivity contribution >= 4 is 35.2 Å². The molecule has 9 heteroatoms. The highest BCUT2D eigenvalue weighted by atomic mass is 32.2. The fourth-order valence-electron chi connectivity index (χ4n) is 1.74. The van der Waals surface area contributed by atoms with Gasteiger partial charge in [-0.1, -0.05) is 6.07 Å². The molecule has 1 aliphatic heterocycles. The summed E-state index contributed by atoms with van der Waals surface area (Å²) in [5.41, 5.74) is 6.06. The number of esters is 1. The van der Waals surface area contributed by atoms with Gasteiger partial charge in [0.05, 0.1) is 25.0 Å². The van der Waals surface area contributed by atoms with E-state index in [-0.39, 0.29) is 29.6 Å². The van der Waals surface area contributed by atoms with Crippen molar-refractivity contribution in [3.63, 3.8) is 0 Å². The molecule has 0 saturated carbocycles. The van der Waals surface area contributed by atoms with Gasteiger partial charge >= 0.3 is 5.97 Å². The van der Waals surface area contributed by atoms with Crippen molar-refractivity contribution in [2.45, 2.75) is 5.50 Å². The van der Waals surface area contributed by atoms with Crippen LogP contribution in [-0.2, 0) is 14.3 Å². The third kappa shape index (κ3) is 4.72. The van der Waals surface area contributed by atoms with E-state index in [1.807, 2.05) is 0 Å². The van der Waals surface area contributed by atoms with Crippen LogP contribution in [0.2, 0.25) is 0 Å². The minimum absolute atomic E-state index is 0.137. The number of anilines is 1. The van der Waals surface area contributed by atoms with Gasteiger partial charge in [-0.25, -0.2) is 15.6 Å². The molecule has 1 aromatic carbocycles. The second-order valence-corrected chi connectivity index (χ2v) is 5.47. The van der Waals surface area contributed by atoms with Crippen LogP contribution in [0.15, 0.2) is 24.3 Å². The van der Waals surface area contributed by atoms with Crippen LogP contribution in [0.1, 0.15) is 10.4 Å². The fraction of sp³-hybridized carbons (Fsp3) is 0.308. The average Bonchev–Trinajstić information content (AvgIpc) is 2.52. The van der Waals surface area contributed by atoms with Gasteiger partial charge in [0.15, 0.2) is 0 Å². The Morgan fingerprint density at radius 2 is 2.27 bits per heavy atom. The van der Waals surface area contributed by atoms with Crippen LogP contribution in [0.5, 0.6) is 0 Å². The Morgan fingerprint density at radius 1 is 1.45 bits per heavy atom. The summed E-state index contributed by atoms with van der Waals surface area (Å²) in [5.74, 6) is -0.705. The molecule has 0 spiro atoms. The van der Waals surface area contributed by atoms with Gasteiger partial charge in [-0.05, 0) is 18.2 Å². The van der Waals surface area contributed by atoms with Crippen molar-refractivity contribution < 1.29 is 19.1 Å². The molecule has 2 rings (SSSR count). The van der Waals surface area contributed by atoms with E-state index in [1.54, 1.807) is 18.2 Å². The highest BCUT2D eigenvalue weighted by molar-refractivity contribution is 8.00. The summed E-state index contributed by atoms with van der Waals surface area (Å²) in [6.45, 7) is 0.198. The number of hydrogen-bond acceptors (Lipinski definition) is 7. The maximum Gasteiger partial charge on any atom is 0.337 e. The lowest BCUT2D eigenvalue weighted by molar-refractivity contribution is -0.122. The van der Waals surface area contributed by atoms with E-state index in [9.17, 15) is 14.4 Å². The molecule has 1 fully saturated rings. The van der Waals surface area contributed by atoms with Crippen molar-refractivity contribution in [2.24, 2.45) is 0 Å². The maximum atomic E-state index is 11.9. The number of thioether (sulfide) groups is 1. The van der Waals surface area contributed by atoms with Gasteiger partial charge in [0.2, 0.25) is 11.8 Å². The van der Waals surface area contributed by atoms with Crippen LogP contribution >= 0.6 is 11.8 Å². The van der Waals surface area contributed by atoms with Gasteiger partial charge in [0, 0.05) is 5.69 Å². The summed E-state index contributed by atoms with van der Waals surface area (Å²) < 4.78 is 4.62. The molecule has 0 bridgehead atoms. The number of amides is 2. The average molecular weight is 324 g/mol. The van der Waals surface area contributed by atoms with Crippen LogP contribution in [-0.4, -0.2) is 42.7 Å². The summed E-state index contributed by atoms with van der Waals surface area (Å²) in [4.78, 5) is 34.5. The van der Waals surface area contributed by atoms with Gasteiger partial charge < -0.3 is 15.4 Å². The lowest BCUT2D eigenvalue weighted by Crippen LogP contribution is -2.58. The summed E-state index contributed by atoms with van der Waals surface area (Å²) in [5, 5.41) is 5.36. The summed E-state index contributed by atoms with van der Waals surface area (Å²) in [6.07, 6.45) is 0. The highest BCUT2D eigenvalue weighted by Crippen LogP contribution is 2.13. The third-order valence-corrected chi connectivity index (χ3v) is 3.72. The molecule has 1 saturated heterocycles. The molecule has 22 heavy (non-hydrogen) atoms. The molecule has 4 N–H and O–H groups in total. The van der Waals surface area contributed by atoms with E-state index in [1.165, 1.54) is 24.9 Å². The predicted octanol–water partition coefficient (Wildman–Crippen LogP) is -0.347. The molecule has 1 aromatic rings. The normalized spacial score (nSPS) is 17.5. The van der Waals surface area contributed by atoms with E-state index in [0.717, 1.165) is 0 Å². The molecule has 0 aliphatic carbocycles.